The molecule has 0 spiro atoms. The Balaban J connectivity index is 2.29. The molecule has 21 heavy (non-hydrogen) atoms. The van der Waals surface area contributed by atoms with E-state index in [0.717, 1.165) is 5.69 Å². The summed E-state index contributed by atoms with van der Waals surface area (Å²) in [6, 6.07) is 13.3. The molecule has 3 aromatic rings. The highest BCUT2D eigenvalue weighted by Crippen LogP contribution is 2.26. The number of fused-ring (bicyclic) bond motifs is 1. The molecule has 1 unspecified atom stereocenters. The lowest BCUT2D eigenvalue weighted by Crippen LogP contribution is -2.21. The summed E-state index contributed by atoms with van der Waals surface area (Å²) in [6.45, 7) is 1.80. The van der Waals surface area contributed by atoms with Gasteiger partial charge in [-0.1, -0.05) is 30.0 Å². The normalized spacial score (nSPS) is 12.2. The molecule has 0 N–H and O–H groups in total. The highest BCUT2D eigenvalue weighted by Gasteiger charge is 2.16. The van der Waals surface area contributed by atoms with Crippen molar-refractivity contribution in [2.75, 3.05) is 0 Å². The number of nitriles is 1. The van der Waals surface area contributed by atoms with Crippen molar-refractivity contribution in [2.24, 2.45) is 0 Å². The zero-order valence-corrected chi connectivity index (χ0v) is 12.8. The zero-order chi connectivity index (χ0) is 14.8. The molecule has 0 bridgehead atoms. The Bertz CT molecular complexity index is 877. The molecular formula is C15H11N3OS2. The molecule has 1 aromatic carbocycles. The van der Waals surface area contributed by atoms with Crippen molar-refractivity contribution in [1.29, 1.82) is 5.26 Å². The van der Waals surface area contributed by atoms with Gasteiger partial charge in [0.2, 0.25) is 0 Å². The standard InChI is InChI=1S/C15H11N3OS2/c1-10(9-16)21-15-17-13-12(7-8-20-13)14(19)18(15)11-5-3-2-4-6-11/h2-8,10H,1H3. The maximum atomic E-state index is 12.7. The van der Waals surface area contributed by atoms with Crippen LogP contribution in [0, 0.1) is 11.3 Å². The van der Waals surface area contributed by atoms with Crippen LogP contribution in [0.25, 0.3) is 15.9 Å². The monoisotopic (exact) mass is 313 g/mol. The van der Waals surface area contributed by atoms with E-state index in [9.17, 15) is 4.79 Å². The number of para-hydroxylation sites is 1. The Kier molecular flexibility index (Phi) is 3.78. The average molecular weight is 313 g/mol. The third kappa shape index (κ3) is 2.58. The maximum absolute atomic E-state index is 12.7. The zero-order valence-electron chi connectivity index (χ0n) is 11.2. The highest BCUT2D eigenvalue weighted by atomic mass is 32.2. The van der Waals surface area contributed by atoms with Crippen LogP contribution in [0.1, 0.15) is 6.92 Å². The van der Waals surface area contributed by atoms with Crippen molar-refractivity contribution in [3.05, 3.63) is 52.1 Å². The maximum Gasteiger partial charge on any atom is 0.267 e. The van der Waals surface area contributed by atoms with Gasteiger partial charge in [0.25, 0.3) is 5.56 Å². The summed E-state index contributed by atoms with van der Waals surface area (Å²) in [5.41, 5.74) is 0.663. The van der Waals surface area contributed by atoms with E-state index in [1.165, 1.54) is 23.1 Å². The smallest absolute Gasteiger partial charge is 0.267 e. The van der Waals surface area contributed by atoms with E-state index in [1.807, 2.05) is 35.7 Å². The van der Waals surface area contributed by atoms with Gasteiger partial charge in [0.05, 0.1) is 22.4 Å². The molecule has 6 heteroatoms. The number of thiophene rings is 1. The number of benzene rings is 1. The molecule has 3 rings (SSSR count). The van der Waals surface area contributed by atoms with Gasteiger partial charge in [-0.15, -0.1) is 11.3 Å². The largest absolute Gasteiger partial charge is 0.268 e. The first kappa shape index (κ1) is 13.9. The molecule has 0 aliphatic rings. The summed E-state index contributed by atoms with van der Waals surface area (Å²) >= 11 is 2.73. The Morgan fingerprint density at radius 2 is 2.10 bits per heavy atom. The van der Waals surface area contributed by atoms with Crippen molar-refractivity contribution < 1.29 is 0 Å². The van der Waals surface area contributed by atoms with E-state index < -0.39 is 0 Å². The molecule has 0 aliphatic heterocycles. The third-order valence-corrected chi connectivity index (χ3v) is 4.70. The minimum atomic E-state index is -0.274. The molecule has 2 aromatic heterocycles. The first-order valence-corrected chi connectivity index (χ1v) is 8.08. The summed E-state index contributed by atoms with van der Waals surface area (Å²) in [4.78, 5) is 18.0. The van der Waals surface area contributed by atoms with E-state index in [4.69, 9.17) is 5.26 Å². The number of rotatable bonds is 3. The molecule has 104 valence electrons. The van der Waals surface area contributed by atoms with E-state index in [0.29, 0.717) is 15.4 Å². The van der Waals surface area contributed by atoms with Crippen molar-refractivity contribution in [1.82, 2.24) is 9.55 Å². The van der Waals surface area contributed by atoms with Gasteiger partial charge in [0, 0.05) is 0 Å². The quantitative estimate of drug-likeness (QED) is 0.549. The first-order chi connectivity index (χ1) is 10.2. The predicted octanol–water partition coefficient (Wildman–Crippen LogP) is 3.45. The number of aromatic nitrogens is 2. The van der Waals surface area contributed by atoms with Gasteiger partial charge in [0.15, 0.2) is 5.16 Å². The molecule has 0 amide bonds. The van der Waals surface area contributed by atoms with Gasteiger partial charge in [-0.2, -0.15) is 5.26 Å². The molecular weight excluding hydrogens is 302 g/mol. The average Bonchev–Trinajstić information content (AvgIpc) is 2.97. The fourth-order valence-corrected chi connectivity index (χ4v) is 3.58. The molecule has 0 aliphatic carbocycles. The lowest BCUT2D eigenvalue weighted by atomic mass is 10.3. The summed E-state index contributed by atoms with van der Waals surface area (Å²) in [7, 11) is 0. The Labute approximate surface area is 129 Å². The van der Waals surface area contributed by atoms with E-state index in [1.54, 1.807) is 17.6 Å². The van der Waals surface area contributed by atoms with Crippen LogP contribution in [0.5, 0.6) is 0 Å². The molecule has 0 radical (unpaired) electrons. The number of hydrogen-bond donors (Lipinski definition) is 0. The van der Waals surface area contributed by atoms with Gasteiger partial charge in [-0.3, -0.25) is 9.36 Å². The van der Waals surface area contributed by atoms with Crippen LogP contribution < -0.4 is 5.56 Å². The Hall–Kier alpha value is -2.10. The van der Waals surface area contributed by atoms with Crippen LogP contribution in [0.15, 0.2) is 51.7 Å². The fraction of sp³-hybridized carbons (Fsp3) is 0.133. The van der Waals surface area contributed by atoms with Crippen molar-refractivity contribution >= 4 is 33.3 Å². The Morgan fingerprint density at radius 1 is 1.33 bits per heavy atom. The molecule has 0 saturated carbocycles. The minimum Gasteiger partial charge on any atom is -0.268 e. The van der Waals surface area contributed by atoms with Crippen molar-refractivity contribution in [3.63, 3.8) is 0 Å². The second-order valence-corrected chi connectivity index (χ2v) is 6.60. The van der Waals surface area contributed by atoms with E-state index >= 15 is 0 Å². The van der Waals surface area contributed by atoms with Crippen LogP contribution in [0.4, 0.5) is 0 Å². The summed E-state index contributed by atoms with van der Waals surface area (Å²) in [5, 5.41) is 11.8. The van der Waals surface area contributed by atoms with E-state index in [2.05, 4.69) is 11.1 Å². The lowest BCUT2D eigenvalue weighted by Gasteiger charge is -2.12. The second kappa shape index (κ2) is 5.72. The molecule has 0 saturated heterocycles. The molecule has 2 heterocycles. The summed E-state index contributed by atoms with van der Waals surface area (Å²) < 4.78 is 1.58. The molecule has 4 nitrogen and oxygen atoms in total. The number of nitrogens with zero attached hydrogens (tertiary/aromatic N) is 3. The first-order valence-electron chi connectivity index (χ1n) is 6.32. The lowest BCUT2D eigenvalue weighted by molar-refractivity contribution is 0.821. The topological polar surface area (TPSA) is 58.7 Å². The fourth-order valence-electron chi connectivity index (χ4n) is 1.96. The summed E-state index contributed by atoms with van der Waals surface area (Å²) in [6.07, 6.45) is 0. The number of thioether (sulfide) groups is 1. The van der Waals surface area contributed by atoms with Gasteiger partial charge in [-0.25, -0.2) is 4.98 Å². The highest BCUT2D eigenvalue weighted by molar-refractivity contribution is 8.00. The van der Waals surface area contributed by atoms with Crippen molar-refractivity contribution in [2.45, 2.75) is 17.3 Å². The van der Waals surface area contributed by atoms with Gasteiger partial charge in [0.1, 0.15) is 4.83 Å². The predicted molar refractivity (Wildman–Crippen MR) is 86.1 cm³/mol. The SMILES string of the molecule is CC(C#N)Sc1nc2sccc2c(=O)n1-c1ccccc1. The second-order valence-electron chi connectivity index (χ2n) is 4.40. The Morgan fingerprint density at radius 3 is 2.81 bits per heavy atom. The number of hydrogen-bond acceptors (Lipinski definition) is 5. The summed E-state index contributed by atoms with van der Waals surface area (Å²) in [5.74, 6) is 0. The van der Waals surface area contributed by atoms with Crippen LogP contribution in [0.3, 0.4) is 0 Å². The van der Waals surface area contributed by atoms with E-state index in [-0.39, 0.29) is 10.8 Å². The van der Waals surface area contributed by atoms with Crippen LogP contribution in [-0.2, 0) is 0 Å². The van der Waals surface area contributed by atoms with Gasteiger partial charge in [-0.05, 0) is 30.5 Å². The minimum absolute atomic E-state index is 0.0971. The van der Waals surface area contributed by atoms with Crippen LogP contribution in [0.2, 0.25) is 0 Å². The molecule has 1 atom stereocenters. The van der Waals surface area contributed by atoms with Crippen LogP contribution in [-0.4, -0.2) is 14.8 Å². The van der Waals surface area contributed by atoms with Gasteiger partial charge >= 0.3 is 0 Å². The molecule has 0 fully saturated rings. The van der Waals surface area contributed by atoms with Crippen molar-refractivity contribution in [3.8, 4) is 11.8 Å². The van der Waals surface area contributed by atoms with Crippen LogP contribution >= 0.6 is 23.1 Å². The van der Waals surface area contributed by atoms with Gasteiger partial charge < -0.3 is 0 Å². The third-order valence-electron chi connectivity index (χ3n) is 2.95.